The Morgan fingerprint density at radius 3 is 2.80 bits per heavy atom. The normalized spacial score (nSPS) is 14.2. The van der Waals surface area contributed by atoms with Gasteiger partial charge in [-0.15, -0.1) is 11.3 Å². The molecule has 0 atom stereocenters. The quantitative estimate of drug-likeness (QED) is 0.801. The number of sulfonamides is 1. The van der Waals surface area contributed by atoms with E-state index < -0.39 is 21.9 Å². The summed E-state index contributed by atoms with van der Waals surface area (Å²) < 4.78 is 38.8. The summed E-state index contributed by atoms with van der Waals surface area (Å²) >= 11 is 1.45. The van der Waals surface area contributed by atoms with E-state index in [9.17, 15) is 17.6 Å². The maximum Gasteiger partial charge on any atom is 0.322 e. The van der Waals surface area contributed by atoms with Gasteiger partial charge < -0.3 is 10.2 Å². The molecular weight excluding hydrogens is 367 g/mol. The Labute approximate surface area is 148 Å². The van der Waals surface area contributed by atoms with Crippen molar-refractivity contribution < 1.29 is 17.6 Å². The van der Waals surface area contributed by atoms with E-state index in [4.69, 9.17) is 0 Å². The molecule has 0 radical (unpaired) electrons. The summed E-state index contributed by atoms with van der Waals surface area (Å²) in [6, 6.07) is 3.33. The van der Waals surface area contributed by atoms with Gasteiger partial charge in [-0.3, -0.25) is 4.72 Å². The molecule has 0 spiro atoms. The van der Waals surface area contributed by atoms with Crippen LogP contribution in [-0.2, 0) is 16.6 Å². The number of hydrogen-bond acceptors (Lipinski definition) is 5. The van der Waals surface area contributed by atoms with Gasteiger partial charge in [-0.1, -0.05) is 0 Å². The number of benzene rings is 1. The summed E-state index contributed by atoms with van der Waals surface area (Å²) in [6.07, 6.45) is 4.47. The number of aromatic nitrogens is 1. The number of nitrogens with zero attached hydrogens (tertiary/aromatic N) is 2. The van der Waals surface area contributed by atoms with Crippen molar-refractivity contribution in [2.24, 2.45) is 0 Å². The molecule has 0 saturated heterocycles. The smallest absolute Gasteiger partial charge is 0.315 e. The first kappa shape index (κ1) is 17.6. The third-order valence-corrected chi connectivity index (χ3v) is 4.92. The molecule has 134 valence electrons. The minimum Gasteiger partial charge on any atom is -0.315 e. The van der Waals surface area contributed by atoms with Crippen molar-refractivity contribution in [1.29, 1.82) is 0 Å². The zero-order valence-corrected chi connectivity index (χ0v) is 15.0. The molecule has 1 saturated carbocycles. The Bertz CT molecular complexity index is 867. The third kappa shape index (κ3) is 4.89. The maximum absolute atomic E-state index is 14.0. The van der Waals surface area contributed by atoms with E-state index in [2.05, 4.69) is 15.0 Å². The predicted molar refractivity (Wildman–Crippen MR) is 94.6 cm³/mol. The molecule has 1 aromatic carbocycles. The fraction of sp³-hybridized carbons (Fsp3) is 0.333. The number of carbonyl (C=O) groups is 1. The SMILES string of the molecule is CS(=O)(=O)Nc1ccc(F)c(NC(=O)N(Cc2nccs2)C2CC2)c1. The van der Waals surface area contributed by atoms with Gasteiger partial charge in [-0.2, -0.15) is 0 Å². The molecule has 2 amide bonds. The predicted octanol–water partition coefficient (Wildman–Crippen LogP) is 2.85. The summed E-state index contributed by atoms with van der Waals surface area (Å²) in [4.78, 5) is 18.3. The van der Waals surface area contributed by atoms with Gasteiger partial charge in [0.25, 0.3) is 0 Å². The van der Waals surface area contributed by atoms with Crippen LogP contribution >= 0.6 is 11.3 Å². The van der Waals surface area contributed by atoms with E-state index in [1.807, 2.05) is 5.38 Å². The summed E-state index contributed by atoms with van der Waals surface area (Å²) in [5.41, 5.74) is 0.0977. The van der Waals surface area contributed by atoms with Crippen molar-refractivity contribution in [2.75, 3.05) is 16.3 Å². The maximum atomic E-state index is 14.0. The van der Waals surface area contributed by atoms with Crippen LogP contribution in [0.25, 0.3) is 0 Å². The lowest BCUT2D eigenvalue weighted by Crippen LogP contribution is -2.36. The van der Waals surface area contributed by atoms with Gasteiger partial charge in [-0.05, 0) is 31.0 Å². The van der Waals surface area contributed by atoms with Gasteiger partial charge in [0.15, 0.2) is 0 Å². The van der Waals surface area contributed by atoms with Crippen molar-refractivity contribution in [3.63, 3.8) is 0 Å². The number of hydrogen-bond donors (Lipinski definition) is 2. The molecule has 7 nitrogen and oxygen atoms in total. The number of nitrogens with one attached hydrogen (secondary N) is 2. The second kappa shape index (κ2) is 6.96. The second-order valence-electron chi connectivity index (χ2n) is 5.78. The van der Waals surface area contributed by atoms with Crippen LogP contribution in [0.1, 0.15) is 17.8 Å². The van der Waals surface area contributed by atoms with E-state index >= 15 is 0 Å². The van der Waals surface area contributed by atoms with Crippen molar-refractivity contribution >= 4 is 38.8 Å². The Hall–Kier alpha value is -2.20. The van der Waals surface area contributed by atoms with Crippen LogP contribution in [0.3, 0.4) is 0 Å². The van der Waals surface area contributed by atoms with E-state index in [-0.39, 0.29) is 17.4 Å². The number of halogens is 1. The van der Waals surface area contributed by atoms with E-state index in [0.717, 1.165) is 30.2 Å². The highest BCUT2D eigenvalue weighted by atomic mass is 32.2. The van der Waals surface area contributed by atoms with Gasteiger partial charge in [0.2, 0.25) is 10.0 Å². The highest BCUT2D eigenvalue weighted by Gasteiger charge is 2.33. The Kier molecular flexibility index (Phi) is 4.91. The fourth-order valence-corrected chi connectivity index (χ4v) is 3.48. The number of urea groups is 1. The number of thiazole rings is 1. The monoisotopic (exact) mass is 384 g/mol. The summed E-state index contributed by atoms with van der Waals surface area (Å²) in [5.74, 6) is -0.641. The molecule has 1 fully saturated rings. The van der Waals surface area contributed by atoms with Gasteiger partial charge in [0, 0.05) is 17.6 Å². The van der Waals surface area contributed by atoms with Gasteiger partial charge in [0.05, 0.1) is 24.2 Å². The van der Waals surface area contributed by atoms with Crippen LogP contribution in [-0.4, -0.2) is 36.6 Å². The first-order valence-electron chi connectivity index (χ1n) is 7.55. The average molecular weight is 384 g/mol. The van der Waals surface area contributed by atoms with E-state index in [1.165, 1.54) is 23.5 Å². The van der Waals surface area contributed by atoms with Crippen molar-refractivity contribution in [1.82, 2.24) is 9.88 Å². The van der Waals surface area contributed by atoms with Gasteiger partial charge >= 0.3 is 6.03 Å². The number of rotatable bonds is 6. The zero-order valence-electron chi connectivity index (χ0n) is 13.4. The molecule has 0 unspecified atom stereocenters. The standard InChI is InChI=1S/C15H17FN4O3S2/c1-25(22,23)19-10-2-5-12(16)13(8-10)18-15(21)20(11-3-4-11)9-14-17-6-7-24-14/h2,5-8,11,19H,3-4,9H2,1H3,(H,18,21). The lowest BCUT2D eigenvalue weighted by atomic mass is 10.2. The Balaban J connectivity index is 1.75. The number of carbonyl (C=O) groups excluding carboxylic acids is 1. The van der Waals surface area contributed by atoms with E-state index in [1.54, 1.807) is 11.1 Å². The third-order valence-electron chi connectivity index (χ3n) is 3.55. The molecule has 1 aliphatic carbocycles. The molecule has 10 heteroatoms. The minimum atomic E-state index is -3.49. The Morgan fingerprint density at radius 2 is 2.20 bits per heavy atom. The van der Waals surface area contributed by atoms with Crippen molar-refractivity contribution in [3.05, 3.63) is 40.6 Å². The molecule has 25 heavy (non-hydrogen) atoms. The van der Waals surface area contributed by atoms with E-state index in [0.29, 0.717) is 6.54 Å². The second-order valence-corrected chi connectivity index (χ2v) is 8.51. The Morgan fingerprint density at radius 1 is 1.44 bits per heavy atom. The first-order chi connectivity index (χ1) is 11.8. The molecule has 3 rings (SSSR count). The lowest BCUT2D eigenvalue weighted by molar-refractivity contribution is 0.206. The summed E-state index contributed by atoms with van der Waals surface area (Å²) in [6.45, 7) is 0.358. The summed E-state index contributed by atoms with van der Waals surface area (Å²) in [7, 11) is -3.49. The molecule has 0 aliphatic heterocycles. The average Bonchev–Trinajstić information content (AvgIpc) is 3.23. The van der Waals surface area contributed by atoms with Crippen LogP contribution < -0.4 is 10.0 Å². The lowest BCUT2D eigenvalue weighted by Gasteiger charge is -2.22. The number of anilines is 2. The van der Waals surface area contributed by atoms with Crippen LogP contribution in [0.5, 0.6) is 0 Å². The minimum absolute atomic E-state index is 0.0801. The zero-order chi connectivity index (χ0) is 18.0. The van der Waals surface area contributed by atoms with Crippen LogP contribution in [0.15, 0.2) is 29.8 Å². The van der Waals surface area contributed by atoms with Crippen molar-refractivity contribution in [3.8, 4) is 0 Å². The largest absolute Gasteiger partial charge is 0.322 e. The van der Waals surface area contributed by atoms with Crippen LogP contribution in [0, 0.1) is 5.82 Å². The molecule has 0 bridgehead atoms. The summed E-state index contributed by atoms with van der Waals surface area (Å²) in [5, 5.41) is 5.16. The molecule has 1 heterocycles. The van der Waals surface area contributed by atoms with Gasteiger partial charge in [-0.25, -0.2) is 22.6 Å². The molecule has 2 N–H and O–H groups in total. The molecule has 1 aliphatic rings. The highest BCUT2D eigenvalue weighted by Crippen LogP contribution is 2.30. The first-order valence-corrected chi connectivity index (χ1v) is 10.3. The number of amides is 2. The fourth-order valence-electron chi connectivity index (χ4n) is 2.32. The van der Waals surface area contributed by atoms with Gasteiger partial charge in [0.1, 0.15) is 10.8 Å². The van der Waals surface area contributed by atoms with Crippen molar-refractivity contribution in [2.45, 2.75) is 25.4 Å². The highest BCUT2D eigenvalue weighted by molar-refractivity contribution is 7.92. The molecular formula is C15H17FN4O3S2. The topological polar surface area (TPSA) is 91.4 Å². The molecule has 2 aromatic rings. The van der Waals surface area contributed by atoms with Crippen LogP contribution in [0.2, 0.25) is 0 Å². The molecule has 1 aromatic heterocycles. The van der Waals surface area contributed by atoms with Crippen LogP contribution in [0.4, 0.5) is 20.6 Å².